The van der Waals surface area contributed by atoms with E-state index in [0.717, 1.165) is 22.9 Å². The summed E-state index contributed by atoms with van der Waals surface area (Å²) in [5.74, 6) is -0.293. The Balaban J connectivity index is 1.58. The number of hydrogen-bond donors (Lipinski definition) is 2. The summed E-state index contributed by atoms with van der Waals surface area (Å²) < 4.78 is 23.2. The molecule has 0 bridgehead atoms. The molecular formula is C19H18N4O5S2. The van der Waals surface area contributed by atoms with Crippen LogP contribution in [-0.4, -0.2) is 43.6 Å². The number of thiazole rings is 1. The number of amides is 1. The van der Waals surface area contributed by atoms with Gasteiger partial charge in [-0.05, 0) is 12.1 Å². The zero-order valence-electron chi connectivity index (χ0n) is 15.9. The van der Waals surface area contributed by atoms with Crippen molar-refractivity contribution in [3.05, 3.63) is 69.7 Å². The first-order valence-electron chi connectivity index (χ1n) is 8.77. The molecule has 0 spiro atoms. The van der Waals surface area contributed by atoms with E-state index < -0.39 is 14.8 Å². The Morgan fingerprint density at radius 1 is 1.17 bits per heavy atom. The number of anilines is 1. The number of aromatic nitrogens is 1. The second kappa shape index (κ2) is 9.01. The molecule has 2 N–H and O–H groups in total. The lowest BCUT2D eigenvalue weighted by Gasteiger charge is -2.09. The highest BCUT2D eigenvalue weighted by atomic mass is 32.2. The third-order valence-electron chi connectivity index (χ3n) is 4.07. The largest absolute Gasteiger partial charge is 0.378 e. The number of nitrogens with zero attached hydrogens (tertiary/aromatic N) is 2. The maximum absolute atomic E-state index is 12.3. The Morgan fingerprint density at radius 3 is 2.57 bits per heavy atom. The van der Waals surface area contributed by atoms with Gasteiger partial charge in [-0.15, -0.1) is 11.3 Å². The lowest BCUT2D eigenvalue weighted by atomic mass is 10.2. The van der Waals surface area contributed by atoms with Crippen LogP contribution in [0, 0.1) is 10.1 Å². The summed E-state index contributed by atoms with van der Waals surface area (Å²) in [7, 11) is -3.55. The van der Waals surface area contributed by atoms with Crippen LogP contribution in [0.3, 0.4) is 0 Å². The summed E-state index contributed by atoms with van der Waals surface area (Å²) in [6, 6.07) is 13.2. The van der Waals surface area contributed by atoms with Crippen molar-refractivity contribution in [2.45, 2.75) is 4.90 Å². The normalized spacial score (nSPS) is 11.1. The van der Waals surface area contributed by atoms with E-state index in [9.17, 15) is 23.3 Å². The van der Waals surface area contributed by atoms with E-state index in [1.165, 1.54) is 29.7 Å². The van der Waals surface area contributed by atoms with Gasteiger partial charge in [-0.1, -0.05) is 30.3 Å². The zero-order chi connectivity index (χ0) is 21.7. The number of nitro groups is 1. The molecular weight excluding hydrogens is 428 g/mol. The fourth-order valence-corrected chi connectivity index (χ4v) is 4.08. The van der Waals surface area contributed by atoms with Gasteiger partial charge in [0.25, 0.3) is 11.6 Å². The summed E-state index contributed by atoms with van der Waals surface area (Å²) in [6.45, 7) is 0.428. The summed E-state index contributed by atoms with van der Waals surface area (Å²) in [5, 5.41) is 17.5. The van der Waals surface area contributed by atoms with Gasteiger partial charge in [0, 0.05) is 31.0 Å². The van der Waals surface area contributed by atoms with E-state index in [1.54, 1.807) is 0 Å². The molecule has 0 fully saturated rings. The monoisotopic (exact) mass is 446 g/mol. The van der Waals surface area contributed by atoms with E-state index in [4.69, 9.17) is 0 Å². The van der Waals surface area contributed by atoms with Crippen molar-refractivity contribution in [2.75, 3.05) is 24.7 Å². The van der Waals surface area contributed by atoms with Gasteiger partial charge in [-0.3, -0.25) is 14.9 Å². The third-order valence-corrected chi connectivity index (χ3v) is 6.23. The lowest BCUT2D eigenvalue weighted by Crippen LogP contribution is -2.28. The summed E-state index contributed by atoms with van der Waals surface area (Å²) in [4.78, 5) is 27.5. The molecule has 11 heteroatoms. The molecule has 2 aromatic carbocycles. The number of carbonyl (C=O) groups is 1. The predicted octanol–water partition coefficient (Wildman–Crippen LogP) is 2.96. The number of sulfone groups is 1. The molecule has 1 heterocycles. The van der Waals surface area contributed by atoms with Crippen LogP contribution in [0.2, 0.25) is 0 Å². The molecule has 156 valence electrons. The molecule has 0 aliphatic carbocycles. The van der Waals surface area contributed by atoms with Gasteiger partial charge < -0.3 is 10.6 Å². The van der Waals surface area contributed by atoms with Crippen LogP contribution in [-0.2, 0) is 9.84 Å². The van der Waals surface area contributed by atoms with E-state index in [2.05, 4.69) is 15.6 Å². The number of nitro benzene ring substituents is 1. The Morgan fingerprint density at radius 2 is 1.90 bits per heavy atom. The summed E-state index contributed by atoms with van der Waals surface area (Å²) in [6.07, 6.45) is 2.49. The van der Waals surface area contributed by atoms with Gasteiger partial charge in [0.15, 0.2) is 9.84 Å². The van der Waals surface area contributed by atoms with Crippen molar-refractivity contribution in [3.63, 3.8) is 0 Å². The van der Waals surface area contributed by atoms with Gasteiger partial charge in [-0.25, -0.2) is 13.4 Å². The molecule has 0 unspecified atom stereocenters. The van der Waals surface area contributed by atoms with E-state index in [0.29, 0.717) is 4.88 Å². The number of carbonyl (C=O) groups excluding carboxylic acids is 1. The van der Waals surface area contributed by atoms with Crippen LogP contribution >= 0.6 is 11.3 Å². The highest BCUT2D eigenvalue weighted by molar-refractivity contribution is 7.90. The highest BCUT2D eigenvalue weighted by Crippen LogP contribution is 2.27. The second-order valence-corrected chi connectivity index (χ2v) is 9.33. The Kier molecular flexibility index (Phi) is 6.43. The maximum Gasteiger partial charge on any atom is 0.293 e. The van der Waals surface area contributed by atoms with Gasteiger partial charge >= 0.3 is 0 Å². The Bertz CT molecular complexity index is 1180. The average Bonchev–Trinajstić information content (AvgIpc) is 3.21. The minimum absolute atomic E-state index is 0.132. The van der Waals surface area contributed by atoms with Crippen molar-refractivity contribution in [1.29, 1.82) is 0 Å². The fraction of sp³-hybridized carbons (Fsp3) is 0.158. The minimum atomic E-state index is -3.55. The molecule has 0 radical (unpaired) electrons. The number of benzene rings is 2. The average molecular weight is 447 g/mol. The van der Waals surface area contributed by atoms with Crippen LogP contribution in [0.5, 0.6) is 0 Å². The number of nitrogens with one attached hydrogen (secondary N) is 2. The molecule has 1 aromatic heterocycles. The van der Waals surface area contributed by atoms with Crippen LogP contribution in [0.1, 0.15) is 9.67 Å². The third kappa shape index (κ3) is 5.19. The van der Waals surface area contributed by atoms with Crippen LogP contribution in [0.25, 0.3) is 10.6 Å². The van der Waals surface area contributed by atoms with E-state index in [-0.39, 0.29) is 35.3 Å². The first-order valence-corrected chi connectivity index (χ1v) is 11.5. The van der Waals surface area contributed by atoms with Crippen LogP contribution < -0.4 is 10.6 Å². The molecule has 9 nitrogen and oxygen atoms in total. The summed E-state index contributed by atoms with van der Waals surface area (Å²) >= 11 is 1.27. The molecule has 3 rings (SSSR count). The lowest BCUT2D eigenvalue weighted by molar-refractivity contribution is -0.384. The highest BCUT2D eigenvalue weighted by Gasteiger charge is 2.18. The molecule has 30 heavy (non-hydrogen) atoms. The van der Waals surface area contributed by atoms with Crippen molar-refractivity contribution < 1.29 is 18.1 Å². The van der Waals surface area contributed by atoms with Crippen molar-refractivity contribution >= 4 is 38.5 Å². The molecule has 0 aliphatic heterocycles. The standard InChI is InChI=1S/C19H18N4O5S2/c1-30(27,28)14-7-8-15(16(11-14)23(25)26)20-9-10-21-18(24)17-12-22-19(29-17)13-5-3-2-4-6-13/h2-8,11-12,20H,9-10H2,1H3,(H,21,24). The Labute approximate surface area is 176 Å². The van der Waals surface area contributed by atoms with Gasteiger partial charge in [0.1, 0.15) is 15.6 Å². The zero-order valence-corrected chi connectivity index (χ0v) is 17.5. The molecule has 0 saturated carbocycles. The van der Waals surface area contributed by atoms with E-state index >= 15 is 0 Å². The fourth-order valence-electron chi connectivity index (χ4n) is 2.60. The summed E-state index contributed by atoms with van der Waals surface area (Å²) in [5.41, 5.74) is 0.748. The predicted molar refractivity (Wildman–Crippen MR) is 115 cm³/mol. The smallest absolute Gasteiger partial charge is 0.293 e. The molecule has 3 aromatic rings. The second-order valence-electron chi connectivity index (χ2n) is 6.29. The first-order chi connectivity index (χ1) is 14.3. The quantitative estimate of drug-likeness (QED) is 0.309. The van der Waals surface area contributed by atoms with Crippen molar-refractivity contribution in [1.82, 2.24) is 10.3 Å². The van der Waals surface area contributed by atoms with Crippen LogP contribution in [0.15, 0.2) is 59.6 Å². The topological polar surface area (TPSA) is 131 Å². The van der Waals surface area contributed by atoms with Crippen molar-refractivity contribution in [3.8, 4) is 10.6 Å². The number of hydrogen-bond acceptors (Lipinski definition) is 8. The molecule has 0 saturated heterocycles. The Hall–Kier alpha value is -3.31. The molecule has 0 aliphatic rings. The van der Waals surface area contributed by atoms with Crippen molar-refractivity contribution in [2.24, 2.45) is 0 Å². The van der Waals surface area contributed by atoms with E-state index in [1.807, 2.05) is 30.3 Å². The van der Waals surface area contributed by atoms with Gasteiger partial charge in [-0.2, -0.15) is 0 Å². The number of rotatable bonds is 8. The molecule has 1 amide bonds. The molecule has 0 atom stereocenters. The SMILES string of the molecule is CS(=O)(=O)c1ccc(NCCNC(=O)c2cnc(-c3ccccc3)s2)c([N+](=O)[O-])c1. The van der Waals surface area contributed by atoms with Gasteiger partial charge in [0.05, 0.1) is 16.0 Å². The van der Waals surface area contributed by atoms with Crippen LogP contribution in [0.4, 0.5) is 11.4 Å². The van der Waals surface area contributed by atoms with Gasteiger partial charge in [0.2, 0.25) is 0 Å². The maximum atomic E-state index is 12.3. The minimum Gasteiger partial charge on any atom is -0.378 e. The first kappa shape index (κ1) is 21.4.